The van der Waals surface area contributed by atoms with E-state index in [9.17, 15) is 0 Å². The number of hydrogen-bond acceptors (Lipinski definition) is 3. The van der Waals surface area contributed by atoms with E-state index in [4.69, 9.17) is 9.15 Å². The molecule has 0 spiro atoms. The zero-order valence-electron chi connectivity index (χ0n) is 12.5. The van der Waals surface area contributed by atoms with Gasteiger partial charge in [-0.1, -0.05) is 6.08 Å². The Morgan fingerprint density at radius 3 is 3.10 bits per heavy atom. The molecule has 5 heteroatoms. The van der Waals surface area contributed by atoms with Gasteiger partial charge < -0.3 is 19.8 Å². The van der Waals surface area contributed by atoms with Crippen LogP contribution in [0.3, 0.4) is 0 Å². The first-order valence-electron chi connectivity index (χ1n) is 7.65. The van der Waals surface area contributed by atoms with Crippen molar-refractivity contribution in [2.75, 3.05) is 26.2 Å². The molecular formula is C16H25N3O2. The summed E-state index contributed by atoms with van der Waals surface area (Å²) in [6.45, 7) is 6.76. The van der Waals surface area contributed by atoms with Crippen molar-refractivity contribution in [1.29, 1.82) is 0 Å². The second kappa shape index (κ2) is 9.23. The second-order valence-electron chi connectivity index (χ2n) is 5.10. The smallest absolute Gasteiger partial charge is 0.191 e. The maximum atomic E-state index is 5.70. The summed E-state index contributed by atoms with van der Waals surface area (Å²) in [5, 5.41) is 6.53. The van der Waals surface area contributed by atoms with Gasteiger partial charge in [0.2, 0.25) is 0 Å². The minimum Gasteiger partial charge on any atom is -0.469 e. The number of furan rings is 1. The number of nitrogens with zero attached hydrogens (tertiary/aromatic N) is 1. The molecule has 1 aliphatic rings. The van der Waals surface area contributed by atoms with Gasteiger partial charge in [-0.25, -0.2) is 0 Å². The van der Waals surface area contributed by atoms with Crippen LogP contribution in [-0.4, -0.2) is 38.3 Å². The maximum Gasteiger partial charge on any atom is 0.191 e. The number of nitrogens with one attached hydrogen (secondary N) is 2. The van der Waals surface area contributed by atoms with Gasteiger partial charge in [0, 0.05) is 26.1 Å². The normalized spacial score (nSPS) is 19.2. The Balaban J connectivity index is 1.76. The predicted molar refractivity (Wildman–Crippen MR) is 84.5 cm³/mol. The third kappa shape index (κ3) is 6.04. The number of guanidine groups is 1. The average molecular weight is 291 g/mol. The van der Waals surface area contributed by atoms with Crippen LogP contribution in [0, 0.1) is 0 Å². The standard InChI is InChI=1S/C16H25N3O2/c1-2-9-17-16(18-10-8-14-7-5-12-20-14)19-13-15-6-3-4-11-21-15/h2,5,7,12,15H,1,3-4,6,8-11,13H2,(H2,17,18,19). The lowest BCUT2D eigenvalue weighted by Gasteiger charge is -2.21. The number of hydrogen-bond donors (Lipinski definition) is 2. The lowest BCUT2D eigenvalue weighted by atomic mass is 10.1. The third-order valence-corrected chi connectivity index (χ3v) is 3.38. The Bertz CT molecular complexity index is 423. The van der Waals surface area contributed by atoms with Crippen molar-refractivity contribution < 1.29 is 9.15 Å². The molecule has 0 aliphatic carbocycles. The molecule has 0 radical (unpaired) electrons. The zero-order valence-corrected chi connectivity index (χ0v) is 12.5. The first kappa shape index (κ1) is 15.6. The van der Waals surface area contributed by atoms with E-state index in [-0.39, 0.29) is 6.10 Å². The van der Waals surface area contributed by atoms with E-state index >= 15 is 0 Å². The summed E-state index contributed by atoms with van der Waals surface area (Å²) in [6, 6.07) is 3.88. The van der Waals surface area contributed by atoms with E-state index in [1.54, 1.807) is 6.26 Å². The molecule has 1 fully saturated rings. The molecule has 1 unspecified atom stereocenters. The quantitative estimate of drug-likeness (QED) is 0.459. The largest absolute Gasteiger partial charge is 0.469 e. The van der Waals surface area contributed by atoms with E-state index in [2.05, 4.69) is 22.2 Å². The van der Waals surface area contributed by atoms with Crippen LogP contribution < -0.4 is 10.6 Å². The van der Waals surface area contributed by atoms with Gasteiger partial charge in [0.1, 0.15) is 5.76 Å². The molecule has 1 atom stereocenters. The van der Waals surface area contributed by atoms with Crippen LogP contribution in [0.15, 0.2) is 40.5 Å². The molecule has 5 nitrogen and oxygen atoms in total. The molecule has 21 heavy (non-hydrogen) atoms. The summed E-state index contributed by atoms with van der Waals surface area (Å²) in [6.07, 6.45) is 8.12. The fourth-order valence-corrected chi connectivity index (χ4v) is 2.25. The highest BCUT2D eigenvalue weighted by atomic mass is 16.5. The molecule has 1 aromatic rings. The minimum atomic E-state index is 0.256. The summed E-state index contributed by atoms with van der Waals surface area (Å²) in [5.74, 6) is 1.77. The molecule has 0 aromatic carbocycles. The predicted octanol–water partition coefficient (Wildman–Crippen LogP) is 2.11. The third-order valence-electron chi connectivity index (χ3n) is 3.38. The van der Waals surface area contributed by atoms with Gasteiger partial charge in [-0.3, -0.25) is 4.99 Å². The molecule has 2 heterocycles. The molecule has 0 saturated carbocycles. The van der Waals surface area contributed by atoms with Crippen LogP contribution in [0.4, 0.5) is 0 Å². The number of aliphatic imine (C=N–C) groups is 1. The van der Waals surface area contributed by atoms with Gasteiger partial charge in [-0.15, -0.1) is 6.58 Å². The molecule has 0 amide bonds. The van der Waals surface area contributed by atoms with Crippen molar-refractivity contribution >= 4 is 5.96 Å². The van der Waals surface area contributed by atoms with E-state index in [0.29, 0.717) is 13.1 Å². The van der Waals surface area contributed by atoms with Crippen LogP contribution in [0.1, 0.15) is 25.0 Å². The Morgan fingerprint density at radius 1 is 1.43 bits per heavy atom. The molecule has 2 rings (SSSR count). The van der Waals surface area contributed by atoms with Crippen molar-refractivity contribution in [1.82, 2.24) is 10.6 Å². The first-order valence-corrected chi connectivity index (χ1v) is 7.65. The Kier molecular flexibility index (Phi) is 6.88. The van der Waals surface area contributed by atoms with Crippen LogP contribution in [-0.2, 0) is 11.2 Å². The van der Waals surface area contributed by atoms with E-state index in [0.717, 1.165) is 37.7 Å². The number of rotatable bonds is 7. The van der Waals surface area contributed by atoms with Crippen molar-refractivity contribution in [2.24, 2.45) is 4.99 Å². The summed E-state index contributed by atoms with van der Waals surface area (Å²) in [7, 11) is 0. The first-order chi connectivity index (χ1) is 10.4. The Labute approximate surface area is 126 Å². The number of ether oxygens (including phenoxy) is 1. The highest BCUT2D eigenvalue weighted by Gasteiger charge is 2.13. The monoisotopic (exact) mass is 291 g/mol. The SMILES string of the molecule is C=CCNC(=NCC1CCCCO1)NCCc1ccco1. The lowest BCUT2D eigenvalue weighted by molar-refractivity contribution is 0.0224. The maximum absolute atomic E-state index is 5.70. The second-order valence-corrected chi connectivity index (χ2v) is 5.10. The highest BCUT2D eigenvalue weighted by molar-refractivity contribution is 5.79. The van der Waals surface area contributed by atoms with Crippen molar-refractivity contribution in [3.8, 4) is 0 Å². The van der Waals surface area contributed by atoms with Crippen LogP contribution >= 0.6 is 0 Å². The molecule has 116 valence electrons. The molecule has 1 saturated heterocycles. The summed E-state index contributed by atoms with van der Waals surface area (Å²) in [4.78, 5) is 4.59. The zero-order chi connectivity index (χ0) is 14.8. The van der Waals surface area contributed by atoms with Gasteiger partial charge in [0.15, 0.2) is 5.96 Å². The van der Waals surface area contributed by atoms with E-state index in [1.807, 2.05) is 18.2 Å². The summed E-state index contributed by atoms with van der Waals surface area (Å²) >= 11 is 0. The van der Waals surface area contributed by atoms with Crippen molar-refractivity contribution in [3.63, 3.8) is 0 Å². The van der Waals surface area contributed by atoms with Gasteiger partial charge in [0.05, 0.1) is 18.9 Å². The molecule has 1 aromatic heterocycles. The Hall–Kier alpha value is -1.75. The summed E-state index contributed by atoms with van der Waals surface area (Å²) in [5.41, 5.74) is 0. The Morgan fingerprint density at radius 2 is 2.38 bits per heavy atom. The molecule has 0 bridgehead atoms. The molecular weight excluding hydrogens is 266 g/mol. The topological polar surface area (TPSA) is 58.8 Å². The van der Waals surface area contributed by atoms with Crippen LogP contribution in [0.5, 0.6) is 0 Å². The molecule has 1 aliphatic heterocycles. The fourth-order valence-electron chi connectivity index (χ4n) is 2.25. The van der Waals surface area contributed by atoms with Crippen molar-refractivity contribution in [2.45, 2.75) is 31.8 Å². The molecule has 2 N–H and O–H groups in total. The van der Waals surface area contributed by atoms with E-state index < -0.39 is 0 Å². The van der Waals surface area contributed by atoms with Gasteiger partial charge >= 0.3 is 0 Å². The summed E-state index contributed by atoms with van der Waals surface area (Å²) < 4.78 is 11.0. The van der Waals surface area contributed by atoms with Gasteiger partial charge in [-0.05, 0) is 31.4 Å². The van der Waals surface area contributed by atoms with Crippen LogP contribution in [0.2, 0.25) is 0 Å². The average Bonchev–Trinajstić information content (AvgIpc) is 3.04. The van der Waals surface area contributed by atoms with Crippen LogP contribution in [0.25, 0.3) is 0 Å². The fraction of sp³-hybridized carbons (Fsp3) is 0.562. The lowest BCUT2D eigenvalue weighted by Crippen LogP contribution is -2.39. The highest BCUT2D eigenvalue weighted by Crippen LogP contribution is 2.12. The van der Waals surface area contributed by atoms with Crippen molar-refractivity contribution in [3.05, 3.63) is 36.8 Å². The minimum absolute atomic E-state index is 0.256. The van der Waals surface area contributed by atoms with E-state index in [1.165, 1.54) is 12.8 Å². The van der Waals surface area contributed by atoms with Gasteiger partial charge in [-0.2, -0.15) is 0 Å². The van der Waals surface area contributed by atoms with Gasteiger partial charge in [0.25, 0.3) is 0 Å².